The molecule has 0 aliphatic carbocycles. The first-order chi connectivity index (χ1) is 16.1. The molecule has 2 aromatic carbocycles. The van der Waals surface area contributed by atoms with E-state index in [9.17, 15) is 4.79 Å². The highest BCUT2D eigenvalue weighted by molar-refractivity contribution is 7.99. The lowest BCUT2D eigenvalue weighted by Crippen LogP contribution is -2.19. The summed E-state index contributed by atoms with van der Waals surface area (Å²) in [7, 11) is 0. The van der Waals surface area contributed by atoms with E-state index < -0.39 is 0 Å². The average molecular weight is 482 g/mol. The van der Waals surface area contributed by atoms with Crippen molar-refractivity contribution >= 4 is 35.5 Å². The SMILES string of the molecule is CCOc1ccc(-n2c(SCC(=O)N/N=C\c3ccco3)nnc2-c2ccc(Cl)cc2)cc1. The molecule has 0 aliphatic rings. The predicted octanol–water partition coefficient (Wildman–Crippen LogP) is 4.82. The lowest BCUT2D eigenvalue weighted by molar-refractivity contribution is -0.118. The van der Waals surface area contributed by atoms with Gasteiger partial charge in [-0.25, -0.2) is 5.43 Å². The van der Waals surface area contributed by atoms with Crippen molar-refractivity contribution in [1.29, 1.82) is 0 Å². The molecule has 8 nitrogen and oxygen atoms in total. The quantitative estimate of drug-likeness (QED) is 0.209. The Hall–Kier alpha value is -3.56. The molecule has 33 heavy (non-hydrogen) atoms. The molecule has 0 saturated heterocycles. The van der Waals surface area contributed by atoms with Crippen LogP contribution in [-0.4, -0.2) is 39.2 Å². The van der Waals surface area contributed by atoms with Gasteiger partial charge >= 0.3 is 0 Å². The van der Waals surface area contributed by atoms with E-state index in [4.69, 9.17) is 20.8 Å². The smallest absolute Gasteiger partial charge is 0.250 e. The molecule has 0 spiro atoms. The summed E-state index contributed by atoms with van der Waals surface area (Å²) in [6, 6.07) is 18.4. The summed E-state index contributed by atoms with van der Waals surface area (Å²) >= 11 is 7.30. The Morgan fingerprint density at radius 1 is 1.18 bits per heavy atom. The zero-order chi connectivity index (χ0) is 23.0. The Labute approximate surface area is 199 Å². The number of hydrogen-bond acceptors (Lipinski definition) is 7. The number of hydrazone groups is 1. The van der Waals surface area contributed by atoms with Gasteiger partial charge in [0.1, 0.15) is 11.5 Å². The molecule has 1 amide bonds. The second kappa shape index (κ2) is 10.8. The van der Waals surface area contributed by atoms with Crippen molar-refractivity contribution in [3.8, 4) is 22.8 Å². The van der Waals surface area contributed by atoms with E-state index in [1.54, 1.807) is 24.3 Å². The molecule has 2 heterocycles. The molecule has 0 aliphatic heterocycles. The van der Waals surface area contributed by atoms with E-state index in [0.717, 1.165) is 17.0 Å². The molecule has 0 saturated carbocycles. The predicted molar refractivity (Wildman–Crippen MR) is 128 cm³/mol. The molecule has 0 atom stereocenters. The van der Waals surface area contributed by atoms with Gasteiger partial charge in [0.05, 0.1) is 24.8 Å². The number of nitrogens with one attached hydrogen (secondary N) is 1. The van der Waals surface area contributed by atoms with Crippen LogP contribution in [0.5, 0.6) is 5.75 Å². The van der Waals surface area contributed by atoms with Crippen molar-refractivity contribution in [2.24, 2.45) is 5.10 Å². The van der Waals surface area contributed by atoms with Crippen LogP contribution < -0.4 is 10.2 Å². The molecule has 0 bridgehead atoms. The highest BCUT2D eigenvalue weighted by Crippen LogP contribution is 2.29. The van der Waals surface area contributed by atoms with Gasteiger partial charge in [0, 0.05) is 16.3 Å². The number of furan rings is 1. The second-order valence-electron chi connectivity index (χ2n) is 6.67. The van der Waals surface area contributed by atoms with Gasteiger partial charge in [-0.15, -0.1) is 10.2 Å². The minimum absolute atomic E-state index is 0.102. The zero-order valence-corrected chi connectivity index (χ0v) is 19.2. The summed E-state index contributed by atoms with van der Waals surface area (Å²) < 4.78 is 12.6. The van der Waals surface area contributed by atoms with E-state index in [1.807, 2.05) is 47.9 Å². The maximum Gasteiger partial charge on any atom is 0.250 e. The molecule has 0 fully saturated rings. The average Bonchev–Trinajstić information content (AvgIpc) is 3.49. The third-order valence-corrected chi connectivity index (χ3v) is 5.58. The van der Waals surface area contributed by atoms with Crippen LogP contribution in [0.25, 0.3) is 17.1 Å². The van der Waals surface area contributed by atoms with Crippen molar-refractivity contribution in [2.45, 2.75) is 12.1 Å². The van der Waals surface area contributed by atoms with Crippen LogP contribution in [0.4, 0.5) is 0 Å². The fourth-order valence-electron chi connectivity index (χ4n) is 2.94. The number of nitrogens with zero attached hydrogens (tertiary/aromatic N) is 4. The summed E-state index contributed by atoms with van der Waals surface area (Å²) in [4.78, 5) is 12.3. The van der Waals surface area contributed by atoms with Gasteiger partial charge < -0.3 is 9.15 Å². The first-order valence-corrected chi connectivity index (χ1v) is 11.4. The third-order valence-electron chi connectivity index (χ3n) is 4.40. The number of ether oxygens (including phenoxy) is 1. The van der Waals surface area contributed by atoms with Gasteiger partial charge in [-0.3, -0.25) is 9.36 Å². The van der Waals surface area contributed by atoms with Gasteiger partial charge in [-0.05, 0) is 67.6 Å². The standard InChI is InChI=1S/C23H20ClN5O3S/c1-2-31-19-11-9-18(10-12-19)29-22(16-5-7-17(24)8-6-16)27-28-23(29)33-15-21(30)26-25-14-20-4-3-13-32-20/h3-14H,2,15H2,1H3,(H,26,30)/b25-14-. The van der Waals surface area contributed by atoms with Crippen LogP contribution in [0, 0.1) is 0 Å². The van der Waals surface area contributed by atoms with Gasteiger partial charge in [0.15, 0.2) is 11.0 Å². The van der Waals surface area contributed by atoms with E-state index in [2.05, 4.69) is 20.7 Å². The number of carbonyl (C=O) groups excluding carboxylic acids is 1. The fourth-order valence-corrected chi connectivity index (χ4v) is 3.81. The van der Waals surface area contributed by atoms with Crippen molar-refractivity contribution < 1.29 is 13.9 Å². The molecular weight excluding hydrogens is 462 g/mol. The van der Waals surface area contributed by atoms with Crippen LogP contribution in [0.1, 0.15) is 12.7 Å². The molecule has 1 N–H and O–H groups in total. The van der Waals surface area contributed by atoms with E-state index in [0.29, 0.717) is 28.4 Å². The number of carbonyl (C=O) groups is 1. The highest BCUT2D eigenvalue weighted by atomic mass is 35.5. The molecule has 4 aromatic rings. The van der Waals surface area contributed by atoms with Gasteiger partial charge in [-0.2, -0.15) is 5.10 Å². The normalized spacial score (nSPS) is 11.1. The van der Waals surface area contributed by atoms with Gasteiger partial charge in [0.2, 0.25) is 0 Å². The Morgan fingerprint density at radius 3 is 2.67 bits per heavy atom. The Bertz CT molecular complexity index is 1220. The summed E-state index contributed by atoms with van der Waals surface area (Å²) in [6.07, 6.45) is 2.97. The van der Waals surface area contributed by atoms with Crippen LogP contribution in [0.3, 0.4) is 0 Å². The lowest BCUT2D eigenvalue weighted by atomic mass is 10.2. The van der Waals surface area contributed by atoms with E-state index in [-0.39, 0.29) is 11.7 Å². The summed E-state index contributed by atoms with van der Waals surface area (Å²) in [5.41, 5.74) is 4.16. The van der Waals surface area contributed by atoms with Crippen molar-refractivity contribution in [3.05, 3.63) is 77.7 Å². The Kier molecular flexibility index (Phi) is 7.43. The van der Waals surface area contributed by atoms with E-state index in [1.165, 1.54) is 24.2 Å². The molecule has 2 aromatic heterocycles. The van der Waals surface area contributed by atoms with Gasteiger partial charge in [-0.1, -0.05) is 23.4 Å². The van der Waals surface area contributed by atoms with Crippen LogP contribution in [-0.2, 0) is 4.79 Å². The largest absolute Gasteiger partial charge is 0.494 e. The van der Waals surface area contributed by atoms with Crippen LogP contribution >= 0.6 is 23.4 Å². The monoisotopic (exact) mass is 481 g/mol. The molecule has 4 rings (SSSR count). The summed E-state index contributed by atoms with van der Waals surface area (Å²) in [6.45, 7) is 2.52. The Morgan fingerprint density at radius 2 is 1.97 bits per heavy atom. The summed E-state index contributed by atoms with van der Waals surface area (Å²) in [5, 5.41) is 13.8. The highest BCUT2D eigenvalue weighted by Gasteiger charge is 2.17. The van der Waals surface area contributed by atoms with Crippen molar-refractivity contribution in [2.75, 3.05) is 12.4 Å². The lowest BCUT2D eigenvalue weighted by Gasteiger charge is -2.11. The molecule has 0 radical (unpaired) electrons. The number of aromatic nitrogens is 3. The molecular formula is C23H20ClN5O3S. The molecule has 0 unspecified atom stereocenters. The summed E-state index contributed by atoms with van der Waals surface area (Å²) in [5.74, 6) is 1.77. The van der Waals surface area contributed by atoms with E-state index >= 15 is 0 Å². The number of benzene rings is 2. The number of rotatable bonds is 9. The number of hydrogen-bond donors (Lipinski definition) is 1. The maximum atomic E-state index is 12.3. The van der Waals surface area contributed by atoms with Crippen molar-refractivity contribution in [1.82, 2.24) is 20.2 Å². The fraction of sp³-hybridized carbons (Fsp3) is 0.130. The number of halogens is 1. The zero-order valence-electron chi connectivity index (χ0n) is 17.6. The minimum atomic E-state index is -0.280. The second-order valence-corrected chi connectivity index (χ2v) is 8.05. The third kappa shape index (κ3) is 5.82. The number of thioether (sulfide) groups is 1. The van der Waals surface area contributed by atoms with Gasteiger partial charge in [0.25, 0.3) is 5.91 Å². The van der Waals surface area contributed by atoms with Crippen LogP contribution in [0.15, 0.2) is 81.6 Å². The minimum Gasteiger partial charge on any atom is -0.494 e. The molecule has 10 heteroatoms. The first-order valence-electron chi connectivity index (χ1n) is 10.1. The number of amides is 1. The van der Waals surface area contributed by atoms with Crippen molar-refractivity contribution in [3.63, 3.8) is 0 Å². The first kappa shape index (κ1) is 22.6. The Balaban J connectivity index is 1.55. The maximum absolute atomic E-state index is 12.3. The van der Waals surface area contributed by atoms with Crippen LogP contribution in [0.2, 0.25) is 5.02 Å². The topological polar surface area (TPSA) is 94.5 Å². The molecule has 168 valence electrons.